The molecule has 0 bridgehead atoms. The molecule has 2 aromatic carbocycles. The minimum Gasteiger partial charge on any atom is -0.494 e. The number of esters is 1. The van der Waals surface area contributed by atoms with Crippen molar-refractivity contribution in [3.05, 3.63) is 65.7 Å². The number of ether oxygens (including phenoxy) is 3. The van der Waals surface area contributed by atoms with Gasteiger partial charge < -0.3 is 14.2 Å². The maximum absolute atomic E-state index is 12.8. The van der Waals surface area contributed by atoms with Gasteiger partial charge in [0.25, 0.3) is 0 Å². The molecule has 0 spiro atoms. The lowest BCUT2D eigenvalue weighted by Gasteiger charge is -2.49. The van der Waals surface area contributed by atoms with Gasteiger partial charge in [-0.25, -0.2) is 9.59 Å². The lowest BCUT2D eigenvalue weighted by molar-refractivity contribution is -0.165. The van der Waals surface area contributed by atoms with E-state index in [1.807, 2.05) is 61.5 Å². The zero-order chi connectivity index (χ0) is 20.7. The summed E-state index contributed by atoms with van der Waals surface area (Å²) in [7, 11) is 0. The third kappa shape index (κ3) is 4.70. The quantitative estimate of drug-likeness (QED) is 0.631. The fraction of sp³-hybridized carbons (Fsp3) is 0.391. The van der Waals surface area contributed by atoms with Crippen molar-refractivity contribution in [1.29, 1.82) is 0 Å². The Balaban J connectivity index is 1.73. The highest BCUT2D eigenvalue weighted by Crippen LogP contribution is 2.36. The minimum atomic E-state index is -1.03. The first kappa shape index (κ1) is 20.7. The monoisotopic (exact) mass is 397 g/mol. The lowest BCUT2D eigenvalue weighted by atomic mass is 9.79. The molecule has 0 radical (unpaired) electrons. The van der Waals surface area contributed by atoms with Crippen LogP contribution >= 0.6 is 0 Å². The fourth-order valence-corrected chi connectivity index (χ4v) is 3.50. The Kier molecular flexibility index (Phi) is 6.75. The van der Waals surface area contributed by atoms with E-state index >= 15 is 0 Å². The molecule has 1 atom stereocenters. The van der Waals surface area contributed by atoms with Crippen LogP contribution in [-0.2, 0) is 27.3 Å². The number of rotatable bonds is 8. The normalized spacial score (nSPS) is 17.9. The van der Waals surface area contributed by atoms with Gasteiger partial charge >= 0.3 is 12.1 Å². The molecule has 1 heterocycles. The molecule has 0 N–H and O–H groups in total. The van der Waals surface area contributed by atoms with Crippen LogP contribution in [0.5, 0.6) is 5.75 Å². The highest BCUT2D eigenvalue weighted by Gasteiger charge is 2.55. The topological polar surface area (TPSA) is 65.1 Å². The fourth-order valence-electron chi connectivity index (χ4n) is 3.50. The van der Waals surface area contributed by atoms with Crippen molar-refractivity contribution in [1.82, 2.24) is 4.90 Å². The minimum absolute atomic E-state index is 0.165. The SMILES string of the molecule is CCOC(=O)[C@]1(Cc2ccc(OCC)cc2)CCN1C(=O)OCc1ccccc1. The summed E-state index contributed by atoms with van der Waals surface area (Å²) >= 11 is 0. The van der Waals surface area contributed by atoms with E-state index in [-0.39, 0.29) is 13.2 Å². The van der Waals surface area contributed by atoms with Gasteiger partial charge in [0.15, 0.2) is 0 Å². The first-order chi connectivity index (χ1) is 14.1. The number of carbonyl (C=O) groups excluding carboxylic acids is 2. The maximum Gasteiger partial charge on any atom is 0.411 e. The molecule has 1 amide bonds. The Labute approximate surface area is 171 Å². The van der Waals surface area contributed by atoms with Gasteiger partial charge in [0.05, 0.1) is 13.2 Å². The molecule has 29 heavy (non-hydrogen) atoms. The van der Waals surface area contributed by atoms with Crippen molar-refractivity contribution < 1.29 is 23.8 Å². The van der Waals surface area contributed by atoms with Crippen molar-refractivity contribution in [2.75, 3.05) is 19.8 Å². The maximum atomic E-state index is 12.8. The predicted molar refractivity (Wildman–Crippen MR) is 109 cm³/mol. The molecule has 1 aliphatic rings. The highest BCUT2D eigenvalue weighted by atomic mass is 16.6. The van der Waals surface area contributed by atoms with Crippen molar-refractivity contribution in [3.8, 4) is 5.75 Å². The average Bonchev–Trinajstić information content (AvgIpc) is 2.72. The Morgan fingerprint density at radius 2 is 1.66 bits per heavy atom. The number of carbonyl (C=O) groups is 2. The van der Waals surface area contributed by atoms with E-state index in [9.17, 15) is 9.59 Å². The Morgan fingerprint density at radius 1 is 0.931 bits per heavy atom. The zero-order valence-corrected chi connectivity index (χ0v) is 16.9. The second kappa shape index (κ2) is 9.45. The number of amides is 1. The van der Waals surface area contributed by atoms with Crippen LogP contribution in [0.15, 0.2) is 54.6 Å². The summed E-state index contributed by atoms with van der Waals surface area (Å²) in [5, 5.41) is 0. The Hall–Kier alpha value is -3.02. The molecule has 1 aliphatic heterocycles. The van der Waals surface area contributed by atoms with E-state index in [1.54, 1.807) is 6.92 Å². The number of likely N-dealkylation sites (tertiary alicyclic amines) is 1. The summed E-state index contributed by atoms with van der Waals surface area (Å²) in [6.07, 6.45) is 0.414. The number of hydrogen-bond acceptors (Lipinski definition) is 5. The highest BCUT2D eigenvalue weighted by molar-refractivity contribution is 5.88. The van der Waals surface area contributed by atoms with Crippen LogP contribution in [-0.4, -0.2) is 42.3 Å². The van der Waals surface area contributed by atoms with Crippen molar-refractivity contribution in [2.45, 2.75) is 38.8 Å². The van der Waals surface area contributed by atoms with Crippen LogP contribution in [0, 0.1) is 0 Å². The van der Waals surface area contributed by atoms with Crippen LogP contribution in [0.4, 0.5) is 4.79 Å². The van der Waals surface area contributed by atoms with Gasteiger partial charge in [-0.3, -0.25) is 4.90 Å². The van der Waals surface area contributed by atoms with Gasteiger partial charge in [0.1, 0.15) is 17.9 Å². The lowest BCUT2D eigenvalue weighted by Crippen LogP contribution is -2.68. The van der Waals surface area contributed by atoms with E-state index in [4.69, 9.17) is 14.2 Å². The molecule has 1 fully saturated rings. The van der Waals surface area contributed by atoms with Gasteiger partial charge in [-0.05, 0) is 43.5 Å². The molecule has 2 aromatic rings. The molecule has 0 aromatic heterocycles. The third-order valence-corrected chi connectivity index (χ3v) is 5.08. The summed E-state index contributed by atoms with van der Waals surface area (Å²) in [5.41, 5.74) is 0.799. The summed E-state index contributed by atoms with van der Waals surface area (Å²) < 4.78 is 16.3. The number of nitrogens with zero attached hydrogens (tertiary/aromatic N) is 1. The molecule has 0 unspecified atom stereocenters. The van der Waals surface area contributed by atoms with Crippen molar-refractivity contribution >= 4 is 12.1 Å². The summed E-state index contributed by atoms with van der Waals surface area (Å²) in [6.45, 7) is 5.17. The molecule has 6 nitrogen and oxygen atoms in total. The van der Waals surface area contributed by atoms with Crippen LogP contribution in [0.1, 0.15) is 31.4 Å². The van der Waals surface area contributed by atoms with Crippen molar-refractivity contribution in [2.24, 2.45) is 0 Å². The first-order valence-electron chi connectivity index (χ1n) is 9.96. The van der Waals surface area contributed by atoms with E-state index in [2.05, 4.69) is 0 Å². The average molecular weight is 397 g/mol. The largest absolute Gasteiger partial charge is 0.494 e. The van der Waals surface area contributed by atoms with E-state index in [0.717, 1.165) is 16.9 Å². The van der Waals surface area contributed by atoms with Crippen LogP contribution in [0.25, 0.3) is 0 Å². The smallest absolute Gasteiger partial charge is 0.411 e. The number of benzene rings is 2. The van der Waals surface area contributed by atoms with E-state index in [1.165, 1.54) is 4.90 Å². The van der Waals surface area contributed by atoms with Crippen LogP contribution < -0.4 is 4.74 Å². The van der Waals surface area contributed by atoms with Gasteiger partial charge in [-0.2, -0.15) is 0 Å². The zero-order valence-electron chi connectivity index (χ0n) is 16.9. The summed E-state index contributed by atoms with van der Waals surface area (Å²) in [6, 6.07) is 17.0. The van der Waals surface area contributed by atoms with Crippen molar-refractivity contribution in [3.63, 3.8) is 0 Å². The van der Waals surface area contributed by atoms with Gasteiger partial charge in [-0.15, -0.1) is 0 Å². The van der Waals surface area contributed by atoms with Gasteiger partial charge in [-0.1, -0.05) is 42.5 Å². The molecule has 0 aliphatic carbocycles. The number of hydrogen-bond donors (Lipinski definition) is 0. The molecule has 0 saturated carbocycles. The summed E-state index contributed by atoms with van der Waals surface area (Å²) in [5.74, 6) is 0.381. The Bertz CT molecular complexity index is 821. The standard InChI is InChI=1S/C23H27NO5/c1-3-27-20-12-10-18(11-13-20)16-23(21(25)28-4-2)14-15-24(23)22(26)29-17-19-8-6-5-7-9-19/h5-13H,3-4,14-17H2,1-2H3/t23-/m1/s1. The molecular formula is C23H27NO5. The first-order valence-corrected chi connectivity index (χ1v) is 9.96. The Morgan fingerprint density at radius 3 is 2.24 bits per heavy atom. The molecule has 6 heteroatoms. The molecule has 3 rings (SSSR count). The van der Waals surface area contributed by atoms with Gasteiger partial charge in [0, 0.05) is 13.0 Å². The third-order valence-electron chi connectivity index (χ3n) is 5.08. The second-order valence-corrected chi connectivity index (χ2v) is 6.95. The molecule has 154 valence electrons. The predicted octanol–water partition coefficient (Wildman–Crippen LogP) is 3.97. The van der Waals surface area contributed by atoms with E-state index < -0.39 is 17.6 Å². The summed E-state index contributed by atoms with van der Waals surface area (Å²) in [4.78, 5) is 27.0. The van der Waals surface area contributed by atoms with E-state index in [0.29, 0.717) is 26.0 Å². The molecular weight excluding hydrogens is 370 g/mol. The van der Waals surface area contributed by atoms with Crippen LogP contribution in [0.3, 0.4) is 0 Å². The second-order valence-electron chi connectivity index (χ2n) is 6.95. The van der Waals surface area contributed by atoms with Gasteiger partial charge in [0.2, 0.25) is 0 Å². The molecule has 1 saturated heterocycles. The van der Waals surface area contributed by atoms with Crippen LogP contribution in [0.2, 0.25) is 0 Å².